The Balaban J connectivity index is 3.80. The van der Waals surface area contributed by atoms with E-state index >= 15 is 0 Å². The minimum Gasteiger partial charge on any atom is -0.444 e. The van der Waals surface area contributed by atoms with Gasteiger partial charge in [-0.25, -0.2) is 9.59 Å². The van der Waals surface area contributed by atoms with Crippen LogP contribution in [0.5, 0.6) is 0 Å². The van der Waals surface area contributed by atoms with Gasteiger partial charge in [0.2, 0.25) is 0 Å². The minimum atomic E-state index is -0.571. The van der Waals surface area contributed by atoms with Gasteiger partial charge in [0.05, 0.1) is 0 Å². The van der Waals surface area contributed by atoms with Crippen molar-refractivity contribution in [2.75, 3.05) is 20.1 Å². The van der Waals surface area contributed by atoms with E-state index in [9.17, 15) is 9.59 Å². The number of primary amides is 1. The number of amides is 3. The van der Waals surface area contributed by atoms with E-state index in [1.807, 2.05) is 20.8 Å². The molecule has 2 N–H and O–H groups in total. The van der Waals surface area contributed by atoms with E-state index in [1.54, 1.807) is 7.05 Å². The zero-order valence-electron chi connectivity index (χ0n) is 11.5. The van der Waals surface area contributed by atoms with Crippen LogP contribution in [-0.2, 0) is 4.74 Å². The normalized spacial score (nSPS) is 10.9. The van der Waals surface area contributed by atoms with Crippen LogP contribution in [0, 0.1) is 0 Å². The molecule has 0 bridgehead atoms. The van der Waals surface area contributed by atoms with E-state index in [0.29, 0.717) is 13.1 Å². The molecule has 0 spiro atoms. The van der Waals surface area contributed by atoms with Crippen LogP contribution in [0.2, 0.25) is 0 Å². The zero-order chi connectivity index (χ0) is 14.3. The molecule has 0 radical (unpaired) electrons. The molecule has 0 heterocycles. The van der Waals surface area contributed by atoms with Crippen molar-refractivity contribution in [1.29, 1.82) is 0 Å². The van der Waals surface area contributed by atoms with Crippen molar-refractivity contribution in [1.82, 2.24) is 9.21 Å². The van der Waals surface area contributed by atoms with Gasteiger partial charge in [-0.15, -0.1) is 0 Å². The topological polar surface area (TPSA) is 75.9 Å². The SMILES string of the molecule is CN(CCCCN(S)C(N)=O)C(=O)OC(C)(C)C. The number of carbonyl (C=O) groups is 2. The van der Waals surface area contributed by atoms with Gasteiger partial charge in [-0.05, 0) is 33.6 Å². The Labute approximate surface area is 114 Å². The second-order valence-electron chi connectivity index (χ2n) is 5.07. The van der Waals surface area contributed by atoms with Gasteiger partial charge in [-0.2, -0.15) is 0 Å². The van der Waals surface area contributed by atoms with Crippen molar-refractivity contribution >= 4 is 24.9 Å². The fraction of sp³-hybridized carbons (Fsp3) is 0.818. The molecular weight excluding hydrogens is 254 g/mol. The second-order valence-corrected chi connectivity index (χ2v) is 5.55. The van der Waals surface area contributed by atoms with Crippen LogP contribution >= 0.6 is 12.8 Å². The first-order valence-electron chi connectivity index (χ1n) is 5.83. The number of urea groups is 1. The van der Waals surface area contributed by atoms with Crippen molar-refractivity contribution in [3.05, 3.63) is 0 Å². The number of unbranched alkanes of at least 4 members (excludes halogenated alkanes) is 1. The lowest BCUT2D eigenvalue weighted by Gasteiger charge is -2.24. The average Bonchev–Trinajstić information content (AvgIpc) is 2.20. The summed E-state index contributed by atoms with van der Waals surface area (Å²) in [5, 5.41) is 0. The Morgan fingerprint density at radius 1 is 1.22 bits per heavy atom. The summed E-state index contributed by atoms with van der Waals surface area (Å²) < 4.78 is 6.35. The third kappa shape index (κ3) is 8.05. The average molecular weight is 277 g/mol. The van der Waals surface area contributed by atoms with Crippen LogP contribution in [0.15, 0.2) is 0 Å². The van der Waals surface area contributed by atoms with Gasteiger partial charge >= 0.3 is 12.1 Å². The fourth-order valence-electron chi connectivity index (χ4n) is 1.15. The number of hydrogen-bond acceptors (Lipinski definition) is 4. The van der Waals surface area contributed by atoms with E-state index in [2.05, 4.69) is 12.8 Å². The fourth-order valence-corrected chi connectivity index (χ4v) is 1.29. The molecule has 0 aromatic rings. The maximum atomic E-state index is 11.6. The molecule has 3 amide bonds. The molecule has 0 aliphatic heterocycles. The molecule has 106 valence electrons. The summed E-state index contributed by atoms with van der Waals surface area (Å²) in [6.07, 6.45) is 1.12. The summed E-state index contributed by atoms with van der Waals surface area (Å²) in [5.74, 6) is 0. The molecule has 0 aromatic carbocycles. The standard InChI is InChI=1S/C11H23N3O3S/c1-11(2,3)17-10(16)13(4)7-5-6-8-14(18)9(12)15/h18H,5-8H2,1-4H3,(H2,12,15). The lowest BCUT2D eigenvalue weighted by molar-refractivity contribution is 0.0296. The predicted octanol–water partition coefficient (Wildman–Crippen LogP) is 1.86. The first-order chi connectivity index (χ1) is 8.13. The Morgan fingerprint density at radius 2 is 1.72 bits per heavy atom. The van der Waals surface area contributed by atoms with Gasteiger partial charge < -0.3 is 15.4 Å². The highest BCUT2D eigenvalue weighted by Gasteiger charge is 2.19. The number of ether oxygens (including phenoxy) is 1. The van der Waals surface area contributed by atoms with Crippen molar-refractivity contribution in [2.45, 2.75) is 39.2 Å². The molecule has 18 heavy (non-hydrogen) atoms. The van der Waals surface area contributed by atoms with Crippen LogP contribution in [-0.4, -0.2) is 47.1 Å². The van der Waals surface area contributed by atoms with Gasteiger partial charge in [0.15, 0.2) is 0 Å². The largest absolute Gasteiger partial charge is 0.444 e. The summed E-state index contributed by atoms with van der Waals surface area (Å²) >= 11 is 3.90. The molecule has 0 saturated heterocycles. The molecule has 0 aliphatic carbocycles. The van der Waals surface area contributed by atoms with Crippen LogP contribution in [0.4, 0.5) is 9.59 Å². The third-order valence-electron chi connectivity index (χ3n) is 2.07. The Bertz CT molecular complexity index is 292. The third-order valence-corrected chi connectivity index (χ3v) is 2.47. The molecule has 0 unspecified atom stereocenters. The van der Waals surface area contributed by atoms with Gasteiger partial charge in [0, 0.05) is 20.1 Å². The van der Waals surface area contributed by atoms with Crippen LogP contribution < -0.4 is 5.73 Å². The number of hydrogen-bond donors (Lipinski definition) is 2. The van der Waals surface area contributed by atoms with Crippen LogP contribution in [0.25, 0.3) is 0 Å². The lowest BCUT2D eigenvalue weighted by atomic mass is 10.2. The van der Waals surface area contributed by atoms with Gasteiger partial charge in [0.1, 0.15) is 5.60 Å². The summed E-state index contributed by atoms with van der Waals surface area (Å²) in [4.78, 5) is 23.8. The van der Waals surface area contributed by atoms with Crippen molar-refractivity contribution in [2.24, 2.45) is 5.73 Å². The molecule has 7 heteroatoms. The summed E-state index contributed by atoms with van der Waals surface area (Å²) in [7, 11) is 1.68. The predicted molar refractivity (Wildman–Crippen MR) is 73.4 cm³/mol. The highest BCUT2D eigenvalue weighted by molar-refractivity contribution is 7.78. The Kier molecular flexibility index (Phi) is 6.90. The van der Waals surface area contributed by atoms with E-state index < -0.39 is 11.6 Å². The first-order valence-corrected chi connectivity index (χ1v) is 6.23. The highest BCUT2D eigenvalue weighted by Crippen LogP contribution is 2.09. The quantitative estimate of drug-likeness (QED) is 0.595. The van der Waals surface area contributed by atoms with Gasteiger partial charge in [-0.3, -0.25) is 4.31 Å². The number of carbonyl (C=O) groups excluding carboxylic acids is 2. The summed E-state index contributed by atoms with van der Waals surface area (Å²) in [6, 6.07) is -0.571. The van der Waals surface area contributed by atoms with E-state index in [-0.39, 0.29) is 6.09 Å². The van der Waals surface area contributed by atoms with Crippen molar-refractivity contribution in [3.8, 4) is 0 Å². The monoisotopic (exact) mass is 277 g/mol. The molecule has 0 saturated carbocycles. The molecule has 0 aromatic heterocycles. The van der Waals surface area contributed by atoms with Crippen molar-refractivity contribution < 1.29 is 14.3 Å². The summed E-state index contributed by atoms with van der Waals surface area (Å²) in [5.41, 5.74) is 4.53. The summed E-state index contributed by atoms with van der Waals surface area (Å²) in [6.45, 7) is 6.50. The Hall–Kier alpha value is -1.11. The molecule has 0 atom stereocenters. The van der Waals surface area contributed by atoms with E-state index in [4.69, 9.17) is 10.5 Å². The van der Waals surface area contributed by atoms with Crippen LogP contribution in [0.1, 0.15) is 33.6 Å². The van der Waals surface area contributed by atoms with Crippen LogP contribution in [0.3, 0.4) is 0 Å². The zero-order valence-corrected chi connectivity index (χ0v) is 12.4. The van der Waals surface area contributed by atoms with E-state index in [0.717, 1.165) is 17.1 Å². The number of nitrogens with zero attached hydrogens (tertiary/aromatic N) is 2. The first kappa shape index (κ1) is 16.9. The van der Waals surface area contributed by atoms with Crippen molar-refractivity contribution in [3.63, 3.8) is 0 Å². The highest BCUT2D eigenvalue weighted by atomic mass is 32.1. The molecule has 0 rings (SSSR count). The second kappa shape index (κ2) is 7.35. The molecular formula is C11H23N3O3S. The maximum absolute atomic E-state index is 11.6. The van der Waals surface area contributed by atoms with E-state index in [1.165, 1.54) is 4.90 Å². The number of thiol groups is 1. The van der Waals surface area contributed by atoms with Gasteiger partial charge in [0.25, 0.3) is 0 Å². The number of nitrogens with two attached hydrogens (primary N) is 1. The molecule has 6 nitrogen and oxygen atoms in total. The van der Waals surface area contributed by atoms with Gasteiger partial charge in [-0.1, -0.05) is 12.8 Å². The smallest absolute Gasteiger partial charge is 0.410 e. The molecule has 0 fully saturated rings. The molecule has 0 aliphatic rings. The number of rotatable bonds is 5. The maximum Gasteiger partial charge on any atom is 0.410 e. The Morgan fingerprint density at radius 3 is 2.17 bits per heavy atom. The lowest BCUT2D eigenvalue weighted by Crippen LogP contribution is -2.35. The minimum absolute atomic E-state index is 0.347.